The molecule has 2 aromatic rings. The fourth-order valence-electron chi connectivity index (χ4n) is 4.03. The third-order valence-electron chi connectivity index (χ3n) is 5.38. The van der Waals surface area contributed by atoms with Crippen LogP contribution in [0, 0.1) is 18.7 Å². The number of hydrogen-bond acceptors (Lipinski definition) is 3. The Balaban J connectivity index is 1.94. The molecule has 1 aliphatic carbocycles. The highest BCUT2D eigenvalue weighted by atomic mass is 32.2. The number of hydrogen-bond donors (Lipinski definition) is 1. The zero-order valence-electron chi connectivity index (χ0n) is 15.5. The first-order valence-corrected chi connectivity index (χ1v) is 10.4. The summed E-state index contributed by atoms with van der Waals surface area (Å²) in [6, 6.07) is 3.71. The first-order chi connectivity index (χ1) is 13.9. The van der Waals surface area contributed by atoms with Gasteiger partial charge in [0.25, 0.3) is 0 Å². The molecular weight excluding hydrogens is 426 g/mol. The van der Waals surface area contributed by atoms with Gasteiger partial charge >= 0.3 is 12.1 Å². The van der Waals surface area contributed by atoms with Gasteiger partial charge in [0.2, 0.25) is 0 Å². The van der Waals surface area contributed by atoms with Crippen molar-refractivity contribution in [1.82, 2.24) is 4.57 Å². The van der Waals surface area contributed by atoms with E-state index in [0.29, 0.717) is 16.6 Å². The van der Waals surface area contributed by atoms with Crippen LogP contribution >= 0.6 is 0 Å². The van der Waals surface area contributed by atoms with E-state index in [2.05, 4.69) is 0 Å². The molecule has 1 aromatic carbocycles. The molecule has 5 nitrogen and oxygen atoms in total. The molecule has 10 heteroatoms. The monoisotopic (exact) mass is 441 g/mol. The molecule has 0 fully saturated rings. The summed E-state index contributed by atoms with van der Waals surface area (Å²) in [4.78, 5) is 11.0. The fraction of sp³-hybridized carbons (Fsp3) is 0.250. The van der Waals surface area contributed by atoms with Gasteiger partial charge in [-0.15, -0.1) is 0 Å². The second-order valence-electron chi connectivity index (χ2n) is 7.23. The molecule has 0 saturated heterocycles. The quantitative estimate of drug-likeness (QED) is 0.720. The average Bonchev–Trinajstić information content (AvgIpc) is 3.05. The fourth-order valence-corrected chi connectivity index (χ4v) is 5.62. The van der Waals surface area contributed by atoms with Crippen molar-refractivity contribution in [2.45, 2.75) is 26.1 Å². The van der Waals surface area contributed by atoms with Gasteiger partial charge in [-0.3, -0.25) is 4.79 Å². The molecule has 4 rings (SSSR count). The van der Waals surface area contributed by atoms with Crippen LogP contribution < -0.4 is 0 Å². The highest BCUT2D eigenvalue weighted by Gasteiger charge is 2.44. The number of alkyl halides is 3. The predicted molar refractivity (Wildman–Crippen MR) is 101 cm³/mol. The predicted octanol–water partition coefficient (Wildman–Crippen LogP) is 4.34. The number of sulfone groups is 1. The standard InChI is InChI=1S/C20H15F4NO4S/c1-10-19(14-5-3-12(21)7-16(14)25(10)8-18(26)27)15-9-30(28,29)17-6-11(20(22,23)24)2-4-13(15)17/h2-5,7,9,11H,6,8H2,1H3,(H,26,27). The van der Waals surface area contributed by atoms with Crippen LogP contribution in [0.15, 0.2) is 46.2 Å². The molecule has 1 aromatic heterocycles. The second kappa shape index (κ2) is 6.56. The van der Waals surface area contributed by atoms with E-state index >= 15 is 0 Å². The molecule has 0 radical (unpaired) electrons. The van der Waals surface area contributed by atoms with E-state index in [-0.39, 0.29) is 21.6 Å². The molecule has 0 saturated carbocycles. The molecule has 2 heterocycles. The number of carboxylic acids is 1. The highest BCUT2D eigenvalue weighted by Crippen LogP contribution is 2.48. The summed E-state index contributed by atoms with van der Waals surface area (Å²) in [5.41, 5.74) is 1.32. The molecule has 2 aliphatic rings. The number of halogens is 4. The van der Waals surface area contributed by atoms with Gasteiger partial charge < -0.3 is 9.67 Å². The number of rotatable bonds is 3. The molecule has 158 valence electrons. The van der Waals surface area contributed by atoms with Crippen molar-refractivity contribution in [3.05, 3.63) is 63.3 Å². The summed E-state index contributed by atoms with van der Waals surface area (Å²) < 4.78 is 79.8. The molecule has 1 aliphatic heterocycles. The van der Waals surface area contributed by atoms with Gasteiger partial charge in [-0.25, -0.2) is 12.8 Å². The minimum atomic E-state index is -4.57. The van der Waals surface area contributed by atoms with Crippen molar-refractivity contribution in [2.75, 3.05) is 0 Å². The van der Waals surface area contributed by atoms with Gasteiger partial charge in [0, 0.05) is 27.6 Å². The van der Waals surface area contributed by atoms with Gasteiger partial charge in [0.1, 0.15) is 12.4 Å². The van der Waals surface area contributed by atoms with Crippen molar-refractivity contribution in [1.29, 1.82) is 0 Å². The van der Waals surface area contributed by atoms with Crippen molar-refractivity contribution in [3.63, 3.8) is 0 Å². The third-order valence-corrected chi connectivity index (χ3v) is 7.00. The summed E-state index contributed by atoms with van der Waals surface area (Å²) in [6.45, 7) is 1.08. The summed E-state index contributed by atoms with van der Waals surface area (Å²) in [7, 11) is -4.08. The van der Waals surface area contributed by atoms with Crippen molar-refractivity contribution in [3.8, 4) is 0 Å². The summed E-state index contributed by atoms with van der Waals surface area (Å²) in [5, 5.41) is 10.5. The van der Waals surface area contributed by atoms with Crippen LogP contribution in [0.25, 0.3) is 16.5 Å². The first-order valence-electron chi connectivity index (χ1n) is 8.86. The molecule has 1 atom stereocenters. The number of aliphatic carboxylic acids is 1. The number of fused-ring (bicyclic) bond motifs is 1. The minimum Gasteiger partial charge on any atom is -0.480 e. The molecule has 30 heavy (non-hydrogen) atoms. The van der Waals surface area contributed by atoms with E-state index in [1.807, 2.05) is 0 Å². The number of benzene rings is 1. The number of carbonyl (C=O) groups is 1. The first kappa shape index (κ1) is 20.4. The van der Waals surface area contributed by atoms with Gasteiger partial charge in [-0.1, -0.05) is 12.2 Å². The lowest BCUT2D eigenvalue weighted by Crippen LogP contribution is -2.24. The zero-order valence-corrected chi connectivity index (χ0v) is 16.3. The van der Waals surface area contributed by atoms with Gasteiger partial charge in [0.15, 0.2) is 9.84 Å². The Bertz CT molecular complexity index is 1300. The Morgan fingerprint density at radius 3 is 2.63 bits per heavy atom. The van der Waals surface area contributed by atoms with Crippen LogP contribution in [-0.2, 0) is 21.2 Å². The molecule has 1 N–H and O–H groups in total. The Morgan fingerprint density at radius 1 is 1.30 bits per heavy atom. The Morgan fingerprint density at radius 2 is 2.00 bits per heavy atom. The van der Waals surface area contributed by atoms with Crippen molar-refractivity contribution in [2.24, 2.45) is 5.92 Å². The van der Waals surface area contributed by atoms with E-state index in [0.717, 1.165) is 29.7 Å². The maximum Gasteiger partial charge on any atom is 0.395 e. The van der Waals surface area contributed by atoms with Gasteiger partial charge in [-0.05, 0) is 37.1 Å². The number of nitrogens with zero attached hydrogens (tertiary/aromatic N) is 1. The van der Waals surface area contributed by atoms with Crippen LogP contribution in [0.3, 0.4) is 0 Å². The lowest BCUT2D eigenvalue weighted by Gasteiger charge is -2.21. The summed E-state index contributed by atoms with van der Waals surface area (Å²) >= 11 is 0. The van der Waals surface area contributed by atoms with Gasteiger partial charge in [-0.2, -0.15) is 13.2 Å². The van der Waals surface area contributed by atoms with Crippen LogP contribution in [0.2, 0.25) is 0 Å². The largest absolute Gasteiger partial charge is 0.480 e. The average molecular weight is 441 g/mol. The molecule has 0 amide bonds. The third kappa shape index (κ3) is 3.15. The lowest BCUT2D eigenvalue weighted by atomic mass is 9.89. The van der Waals surface area contributed by atoms with Crippen molar-refractivity contribution >= 4 is 32.3 Å². The van der Waals surface area contributed by atoms with Crippen molar-refractivity contribution < 1.29 is 35.9 Å². The maximum absolute atomic E-state index is 13.8. The minimum absolute atomic E-state index is 0.150. The maximum atomic E-state index is 13.8. The molecule has 1 unspecified atom stereocenters. The van der Waals surface area contributed by atoms with Crippen LogP contribution in [0.5, 0.6) is 0 Å². The molecule has 0 spiro atoms. The number of carboxylic acid groups (broad SMARTS) is 1. The van der Waals surface area contributed by atoms with Crippen LogP contribution in [0.1, 0.15) is 17.7 Å². The van der Waals surface area contributed by atoms with E-state index < -0.39 is 46.7 Å². The van der Waals surface area contributed by atoms with E-state index in [1.165, 1.54) is 10.6 Å². The summed E-state index contributed by atoms with van der Waals surface area (Å²) in [6.07, 6.45) is -3.19. The number of allylic oxidation sites excluding steroid dienone is 5. The smallest absolute Gasteiger partial charge is 0.395 e. The van der Waals surface area contributed by atoms with E-state index in [1.54, 1.807) is 6.92 Å². The SMILES string of the molecule is Cc1c(C2=CS(=O)(=O)C3=C2C=CC(C(F)(F)F)C3)c2ccc(F)cc2n1CC(=O)O. The Hall–Kier alpha value is -2.88. The topological polar surface area (TPSA) is 76.4 Å². The highest BCUT2D eigenvalue weighted by molar-refractivity contribution is 7.98. The number of aromatic nitrogens is 1. The Kier molecular flexibility index (Phi) is 4.46. The molecule has 0 bridgehead atoms. The van der Waals surface area contributed by atoms with Crippen LogP contribution in [0.4, 0.5) is 17.6 Å². The van der Waals surface area contributed by atoms with E-state index in [4.69, 9.17) is 0 Å². The molecular formula is C20H15F4NO4S. The van der Waals surface area contributed by atoms with E-state index in [9.17, 15) is 35.9 Å². The zero-order chi connectivity index (χ0) is 22.0. The van der Waals surface area contributed by atoms with Crippen LogP contribution in [-0.4, -0.2) is 30.2 Å². The Labute approximate surface area is 168 Å². The summed E-state index contributed by atoms with van der Waals surface area (Å²) in [5.74, 6) is -3.68. The lowest BCUT2D eigenvalue weighted by molar-refractivity contribution is -0.160. The second-order valence-corrected chi connectivity index (χ2v) is 9.05. The van der Waals surface area contributed by atoms with Gasteiger partial charge in [0.05, 0.1) is 16.3 Å². The normalized spacial score (nSPS) is 20.6.